The standard InChI is InChI=1S/C19H19NO2/c21-19(14-15-8-4-5-9-15)20-17-12-6-7-13-18(17)22-16-10-2-1-3-11-16/h1-4,6-8,10-13,15H,5,9,14H2,(H,20,21). The van der Waals surface area contributed by atoms with E-state index in [0.29, 0.717) is 23.8 Å². The zero-order valence-electron chi connectivity index (χ0n) is 12.4. The molecule has 1 aliphatic carbocycles. The topological polar surface area (TPSA) is 38.3 Å². The number of anilines is 1. The number of para-hydroxylation sites is 3. The van der Waals surface area contributed by atoms with Gasteiger partial charge < -0.3 is 10.1 Å². The Balaban J connectivity index is 1.68. The molecule has 0 saturated heterocycles. The summed E-state index contributed by atoms with van der Waals surface area (Å²) in [5.41, 5.74) is 0.707. The first-order valence-electron chi connectivity index (χ1n) is 7.60. The van der Waals surface area contributed by atoms with Crippen LogP contribution in [-0.2, 0) is 4.79 Å². The molecule has 0 bridgehead atoms. The number of allylic oxidation sites excluding steroid dienone is 2. The molecule has 3 nitrogen and oxygen atoms in total. The minimum absolute atomic E-state index is 0.0284. The average Bonchev–Trinajstić information content (AvgIpc) is 3.03. The molecule has 1 amide bonds. The minimum atomic E-state index is 0.0284. The van der Waals surface area contributed by atoms with Crippen molar-refractivity contribution in [3.63, 3.8) is 0 Å². The van der Waals surface area contributed by atoms with E-state index in [0.717, 1.165) is 18.6 Å². The van der Waals surface area contributed by atoms with Gasteiger partial charge in [0.05, 0.1) is 5.69 Å². The predicted octanol–water partition coefficient (Wildman–Crippen LogP) is 4.77. The molecule has 2 aromatic carbocycles. The zero-order chi connectivity index (χ0) is 15.2. The van der Waals surface area contributed by atoms with E-state index in [-0.39, 0.29) is 5.91 Å². The van der Waals surface area contributed by atoms with Crippen LogP contribution in [0.25, 0.3) is 0 Å². The largest absolute Gasteiger partial charge is 0.455 e. The van der Waals surface area contributed by atoms with E-state index in [2.05, 4.69) is 17.5 Å². The van der Waals surface area contributed by atoms with Crippen molar-refractivity contribution in [1.29, 1.82) is 0 Å². The van der Waals surface area contributed by atoms with Gasteiger partial charge in [0, 0.05) is 6.42 Å². The number of carbonyl (C=O) groups excluding carboxylic acids is 1. The van der Waals surface area contributed by atoms with Crippen LogP contribution in [0, 0.1) is 5.92 Å². The number of carbonyl (C=O) groups is 1. The Bertz CT molecular complexity index is 664. The summed E-state index contributed by atoms with van der Waals surface area (Å²) in [4.78, 5) is 12.2. The van der Waals surface area contributed by atoms with Crippen molar-refractivity contribution in [1.82, 2.24) is 0 Å². The first kappa shape index (κ1) is 14.4. The summed E-state index contributed by atoms with van der Waals surface area (Å²) in [5, 5.41) is 2.96. The molecule has 1 unspecified atom stereocenters. The van der Waals surface area contributed by atoms with Crippen molar-refractivity contribution in [3.8, 4) is 11.5 Å². The molecular formula is C19H19NO2. The molecule has 0 heterocycles. The van der Waals surface area contributed by atoms with Crippen LogP contribution in [0.15, 0.2) is 66.7 Å². The number of hydrogen-bond acceptors (Lipinski definition) is 2. The molecule has 1 N–H and O–H groups in total. The highest BCUT2D eigenvalue weighted by atomic mass is 16.5. The van der Waals surface area contributed by atoms with Gasteiger partial charge in [-0.3, -0.25) is 4.79 Å². The molecule has 112 valence electrons. The van der Waals surface area contributed by atoms with Crippen LogP contribution in [0.3, 0.4) is 0 Å². The first-order valence-corrected chi connectivity index (χ1v) is 7.60. The lowest BCUT2D eigenvalue weighted by molar-refractivity contribution is -0.116. The van der Waals surface area contributed by atoms with Crippen LogP contribution in [-0.4, -0.2) is 5.91 Å². The van der Waals surface area contributed by atoms with E-state index in [4.69, 9.17) is 4.74 Å². The van der Waals surface area contributed by atoms with Crippen LogP contribution < -0.4 is 10.1 Å². The lowest BCUT2D eigenvalue weighted by atomic mass is 10.1. The highest BCUT2D eigenvalue weighted by Crippen LogP contribution is 2.29. The number of amides is 1. The normalized spacial score (nSPS) is 16.5. The Morgan fingerprint density at radius 3 is 2.64 bits per heavy atom. The molecule has 0 spiro atoms. The number of benzene rings is 2. The molecule has 0 radical (unpaired) electrons. The Morgan fingerprint density at radius 2 is 1.86 bits per heavy atom. The van der Waals surface area contributed by atoms with E-state index in [1.807, 2.05) is 54.6 Å². The Morgan fingerprint density at radius 1 is 1.09 bits per heavy atom. The van der Waals surface area contributed by atoms with Gasteiger partial charge in [-0.15, -0.1) is 0 Å². The van der Waals surface area contributed by atoms with Gasteiger partial charge >= 0.3 is 0 Å². The second-order valence-corrected chi connectivity index (χ2v) is 5.43. The maximum Gasteiger partial charge on any atom is 0.225 e. The molecule has 0 fully saturated rings. The van der Waals surface area contributed by atoms with Crippen LogP contribution in [0.4, 0.5) is 5.69 Å². The average molecular weight is 293 g/mol. The summed E-state index contributed by atoms with van der Waals surface area (Å²) in [5.74, 6) is 1.80. The number of nitrogens with one attached hydrogen (secondary N) is 1. The van der Waals surface area contributed by atoms with Gasteiger partial charge in [-0.25, -0.2) is 0 Å². The molecule has 0 saturated carbocycles. The summed E-state index contributed by atoms with van der Waals surface area (Å²) >= 11 is 0. The second-order valence-electron chi connectivity index (χ2n) is 5.43. The van der Waals surface area contributed by atoms with E-state index in [1.54, 1.807) is 0 Å². The fourth-order valence-corrected chi connectivity index (χ4v) is 2.58. The number of hydrogen-bond donors (Lipinski definition) is 1. The predicted molar refractivity (Wildman–Crippen MR) is 88.1 cm³/mol. The smallest absolute Gasteiger partial charge is 0.225 e. The van der Waals surface area contributed by atoms with Crippen LogP contribution >= 0.6 is 0 Å². The Hall–Kier alpha value is -2.55. The lowest BCUT2D eigenvalue weighted by Gasteiger charge is -2.13. The highest BCUT2D eigenvalue weighted by Gasteiger charge is 2.15. The summed E-state index contributed by atoms with van der Waals surface area (Å²) in [6.45, 7) is 0. The van der Waals surface area contributed by atoms with Crippen LogP contribution in [0.5, 0.6) is 11.5 Å². The number of rotatable bonds is 5. The Labute approximate surface area is 130 Å². The third-order valence-electron chi connectivity index (χ3n) is 3.69. The second kappa shape index (κ2) is 6.94. The quantitative estimate of drug-likeness (QED) is 0.806. The minimum Gasteiger partial charge on any atom is -0.455 e. The molecule has 3 rings (SSSR count). The lowest BCUT2D eigenvalue weighted by Crippen LogP contribution is -2.15. The van der Waals surface area contributed by atoms with Gasteiger partial charge in [-0.05, 0) is 43.0 Å². The molecular weight excluding hydrogens is 274 g/mol. The van der Waals surface area contributed by atoms with Crippen molar-refractivity contribution in [2.45, 2.75) is 19.3 Å². The third kappa shape index (κ3) is 3.76. The SMILES string of the molecule is O=C(CC1C=CCC1)Nc1ccccc1Oc1ccccc1. The van der Waals surface area contributed by atoms with E-state index in [9.17, 15) is 4.79 Å². The molecule has 3 heteroatoms. The fraction of sp³-hybridized carbons (Fsp3) is 0.211. The maximum absolute atomic E-state index is 12.2. The zero-order valence-corrected chi connectivity index (χ0v) is 12.4. The number of ether oxygens (including phenoxy) is 1. The Kier molecular flexibility index (Phi) is 4.54. The van der Waals surface area contributed by atoms with Gasteiger partial charge in [0.1, 0.15) is 5.75 Å². The molecule has 22 heavy (non-hydrogen) atoms. The maximum atomic E-state index is 12.2. The summed E-state index contributed by atoms with van der Waals surface area (Å²) in [6, 6.07) is 17.1. The molecule has 0 aliphatic heterocycles. The molecule has 0 aromatic heterocycles. The van der Waals surface area contributed by atoms with Gasteiger partial charge in [0.2, 0.25) is 5.91 Å². The van der Waals surface area contributed by atoms with Gasteiger partial charge in [-0.1, -0.05) is 42.5 Å². The monoisotopic (exact) mass is 293 g/mol. The van der Waals surface area contributed by atoms with Crippen molar-refractivity contribution < 1.29 is 9.53 Å². The van der Waals surface area contributed by atoms with E-state index in [1.165, 1.54) is 0 Å². The first-order chi connectivity index (χ1) is 10.8. The van der Waals surface area contributed by atoms with E-state index < -0.39 is 0 Å². The summed E-state index contributed by atoms with van der Waals surface area (Å²) < 4.78 is 5.85. The summed E-state index contributed by atoms with van der Waals surface area (Å²) in [6.07, 6.45) is 6.94. The van der Waals surface area contributed by atoms with Crippen molar-refractivity contribution in [2.24, 2.45) is 5.92 Å². The molecule has 2 aromatic rings. The van der Waals surface area contributed by atoms with Crippen molar-refractivity contribution >= 4 is 11.6 Å². The highest BCUT2D eigenvalue weighted by molar-refractivity contribution is 5.92. The van der Waals surface area contributed by atoms with Crippen molar-refractivity contribution in [2.75, 3.05) is 5.32 Å². The fourth-order valence-electron chi connectivity index (χ4n) is 2.58. The van der Waals surface area contributed by atoms with Gasteiger partial charge in [-0.2, -0.15) is 0 Å². The van der Waals surface area contributed by atoms with E-state index >= 15 is 0 Å². The van der Waals surface area contributed by atoms with Crippen molar-refractivity contribution in [3.05, 3.63) is 66.7 Å². The van der Waals surface area contributed by atoms with Crippen LogP contribution in [0.1, 0.15) is 19.3 Å². The van der Waals surface area contributed by atoms with Gasteiger partial charge in [0.15, 0.2) is 5.75 Å². The molecule has 1 atom stereocenters. The summed E-state index contributed by atoms with van der Waals surface area (Å²) in [7, 11) is 0. The third-order valence-corrected chi connectivity index (χ3v) is 3.69. The molecule has 1 aliphatic rings. The van der Waals surface area contributed by atoms with Gasteiger partial charge in [0.25, 0.3) is 0 Å². The van der Waals surface area contributed by atoms with Crippen LogP contribution in [0.2, 0.25) is 0 Å².